The highest BCUT2D eigenvalue weighted by Gasteiger charge is 2.34. The molecule has 2 aromatic rings. The minimum atomic E-state index is -2.06. The molecule has 0 radical (unpaired) electrons. The Labute approximate surface area is 164 Å². The summed E-state index contributed by atoms with van der Waals surface area (Å²) in [5.41, 5.74) is 0. The van der Waals surface area contributed by atoms with E-state index in [2.05, 4.69) is 31.2 Å². The minimum Gasteiger partial charge on any atom is -0.394 e. The van der Waals surface area contributed by atoms with Gasteiger partial charge in [0.25, 0.3) is 0 Å². The van der Waals surface area contributed by atoms with Crippen molar-refractivity contribution >= 4 is 19.4 Å². The van der Waals surface area contributed by atoms with Crippen LogP contribution in [0.4, 0.5) is 0 Å². The zero-order valence-electron chi connectivity index (χ0n) is 16.4. The quantitative estimate of drug-likeness (QED) is 0.432. The monoisotopic (exact) mass is 388 g/mol. The number of rotatable bonds is 12. The summed E-state index contributed by atoms with van der Waals surface area (Å²) in [6.45, 7) is 4.26. The van der Waals surface area contributed by atoms with Gasteiger partial charge in [-0.15, -0.1) is 0 Å². The molecule has 148 valence electrons. The average molecular weight is 389 g/mol. The van der Waals surface area contributed by atoms with Gasteiger partial charge >= 0.3 is 0 Å². The largest absolute Gasteiger partial charge is 0.394 e. The first-order valence-corrected chi connectivity index (χ1v) is 11.4. The van der Waals surface area contributed by atoms with Crippen molar-refractivity contribution < 1.29 is 19.4 Å². The highest BCUT2D eigenvalue weighted by molar-refractivity contribution is 6.80. The van der Waals surface area contributed by atoms with E-state index in [1.54, 1.807) is 0 Å². The molecular weight excluding hydrogens is 356 g/mol. The maximum Gasteiger partial charge on any atom is 0.243 e. The maximum absolute atomic E-state index is 11.4. The van der Waals surface area contributed by atoms with Gasteiger partial charge in [0.2, 0.25) is 9.04 Å². The van der Waals surface area contributed by atoms with E-state index in [4.69, 9.17) is 14.3 Å². The summed E-state index contributed by atoms with van der Waals surface area (Å²) in [4.78, 5) is 0. The standard InChI is InChI=1S/C22H32O4Si/c1-3-4-15-22(24,18-19(2)25-17-16-23)26-27(20-11-7-5-8-12-20)21-13-9-6-10-14-21/h5-14,19,23-24,27H,3-4,15-18H2,1-2H3. The van der Waals surface area contributed by atoms with E-state index in [9.17, 15) is 5.11 Å². The SMILES string of the molecule is CCCCC(O)(CC(C)OCCO)O[SiH](c1ccccc1)c1ccccc1. The highest BCUT2D eigenvalue weighted by Crippen LogP contribution is 2.24. The third-order valence-electron chi connectivity index (χ3n) is 4.56. The number of unbranched alkanes of at least 4 members (excludes halogenated alkanes) is 1. The summed E-state index contributed by atoms with van der Waals surface area (Å²) < 4.78 is 12.1. The van der Waals surface area contributed by atoms with Crippen molar-refractivity contribution in [2.45, 2.75) is 51.4 Å². The van der Waals surface area contributed by atoms with Gasteiger partial charge in [0.15, 0.2) is 5.79 Å². The molecule has 0 saturated carbocycles. The molecule has 0 aliphatic rings. The van der Waals surface area contributed by atoms with Crippen LogP contribution >= 0.6 is 0 Å². The zero-order valence-corrected chi connectivity index (χ0v) is 17.5. The van der Waals surface area contributed by atoms with Crippen LogP contribution in [0.1, 0.15) is 39.5 Å². The third kappa shape index (κ3) is 7.20. The molecule has 0 aliphatic carbocycles. The first-order chi connectivity index (χ1) is 13.1. The van der Waals surface area contributed by atoms with Crippen LogP contribution in [0.25, 0.3) is 0 Å². The van der Waals surface area contributed by atoms with Gasteiger partial charge in [-0.2, -0.15) is 0 Å². The molecule has 0 saturated heterocycles. The average Bonchev–Trinajstić information content (AvgIpc) is 2.70. The van der Waals surface area contributed by atoms with Gasteiger partial charge in [0.1, 0.15) is 0 Å². The van der Waals surface area contributed by atoms with Crippen LogP contribution in [0.3, 0.4) is 0 Å². The van der Waals surface area contributed by atoms with Crippen LogP contribution in [0.2, 0.25) is 0 Å². The molecule has 2 aromatic carbocycles. The minimum absolute atomic E-state index is 0.0238. The van der Waals surface area contributed by atoms with Gasteiger partial charge in [-0.05, 0) is 23.7 Å². The second-order valence-electron chi connectivity index (χ2n) is 6.98. The van der Waals surface area contributed by atoms with Crippen LogP contribution in [-0.2, 0) is 9.16 Å². The van der Waals surface area contributed by atoms with E-state index in [-0.39, 0.29) is 19.3 Å². The fourth-order valence-electron chi connectivity index (χ4n) is 3.23. The molecule has 0 heterocycles. The van der Waals surface area contributed by atoms with Crippen molar-refractivity contribution in [2.75, 3.05) is 13.2 Å². The zero-order chi connectivity index (χ0) is 19.5. The van der Waals surface area contributed by atoms with Gasteiger partial charge < -0.3 is 19.4 Å². The summed E-state index contributed by atoms with van der Waals surface area (Å²) in [7, 11) is -2.06. The van der Waals surface area contributed by atoms with Crippen molar-refractivity contribution in [3.05, 3.63) is 60.7 Å². The molecule has 27 heavy (non-hydrogen) atoms. The van der Waals surface area contributed by atoms with E-state index < -0.39 is 14.8 Å². The molecular formula is C22H32O4Si. The highest BCUT2D eigenvalue weighted by atomic mass is 28.3. The van der Waals surface area contributed by atoms with E-state index in [0.717, 1.165) is 23.2 Å². The number of benzene rings is 2. The van der Waals surface area contributed by atoms with Gasteiger partial charge in [0.05, 0.1) is 19.3 Å². The number of aliphatic hydroxyl groups excluding tert-OH is 1. The van der Waals surface area contributed by atoms with Crippen LogP contribution in [-0.4, -0.2) is 44.4 Å². The predicted octanol–water partition coefficient (Wildman–Crippen LogP) is 2.21. The summed E-state index contributed by atoms with van der Waals surface area (Å²) in [5.74, 6) is -1.24. The maximum atomic E-state index is 11.4. The Balaban J connectivity index is 2.26. The Hall–Kier alpha value is -1.50. The van der Waals surface area contributed by atoms with Gasteiger partial charge in [-0.25, -0.2) is 0 Å². The van der Waals surface area contributed by atoms with E-state index >= 15 is 0 Å². The molecule has 2 atom stereocenters. The fourth-order valence-corrected chi connectivity index (χ4v) is 5.68. The second-order valence-corrected chi connectivity index (χ2v) is 9.31. The molecule has 0 amide bonds. The molecule has 0 aromatic heterocycles. The molecule has 0 bridgehead atoms. The van der Waals surface area contributed by atoms with Crippen molar-refractivity contribution in [1.29, 1.82) is 0 Å². The van der Waals surface area contributed by atoms with Crippen LogP contribution in [0.15, 0.2) is 60.7 Å². The Bertz CT molecular complexity index is 598. The van der Waals surface area contributed by atoms with Crippen LogP contribution < -0.4 is 10.4 Å². The Kier molecular flexibility index (Phi) is 9.17. The first kappa shape index (κ1) is 21.8. The number of hydrogen-bond donors (Lipinski definition) is 2. The van der Waals surface area contributed by atoms with Gasteiger partial charge in [0, 0.05) is 12.8 Å². The van der Waals surface area contributed by atoms with Gasteiger partial charge in [-0.1, -0.05) is 74.0 Å². The number of hydrogen-bond acceptors (Lipinski definition) is 4. The van der Waals surface area contributed by atoms with E-state index in [1.165, 1.54) is 0 Å². The Morgan fingerprint density at radius 3 is 2.04 bits per heavy atom. The van der Waals surface area contributed by atoms with E-state index in [1.807, 2.05) is 43.3 Å². The first-order valence-electron chi connectivity index (χ1n) is 9.80. The molecule has 5 heteroatoms. The topological polar surface area (TPSA) is 58.9 Å². The van der Waals surface area contributed by atoms with Crippen molar-refractivity contribution in [3.8, 4) is 0 Å². The van der Waals surface area contributed by atoms with Gasteiger partial charge in [-0.3, -0.25) is 0 Å². The molecule has 0 fully saturated rings. The number of aliphatic hydroxyl groups is 2. The predicted molar refractivity (Wildman–Crippen MR) is 112 cm³/mol. The molecule has 4 nitrogen and oxygen atoms in total. The Morgan fingerprint density at radius 1 is 1.00 bits per heavy atom. The third-order valence-corrected chi connectivity index (χ3v) is 7.22. The lowest BCUT2D eigenvalue weighted by molar-refractivity contribution is -0.171. The molecule has 0 spiro atoms. The van der Waals surface area contributed by atoms with Crippen molar-refractivity contribution in [1.82, 2.24) is 0 Å². The summed E-state index contributed by atoms with van der Waals surface area (Å²) >= 11 is 0. The molecule has 2 N–H and O–H groups in total. The molecule has 0 aliphatic heterocycles. The van der Waals surface area contributed by atoms with Crippen molar-refractivity contribution in [2.24, 2.45) is 0 Å². The van der Waals surface area contributed by atoms with Crippen molar-refractivity contribution in [3.63, 3.8) is 0 Å². The Morgan fingerprint density at radius 2 is 1.56 bits per heavy atom. The molecule has 2 rings (SSSR count). The van der Waals surface area contributed by atoms with Crippen LogP contribution in [0.5, 0.6) is 0 Å². The smallest absolute Gasteiger partial charge is 0.243 e. The summed E-state index contributed by atoms with van der Waals surface area (Å²) in [6, 6.07) is 20.4. The lowest BCUT2D eigenvalue weighted by Gasteiger charge is -2.35. The lowest BCUT2D eigenvalue weighted by Crippen LogP contribution is -2.52. The number of ether oxygens (including phenoxy) is 1. The summed E-state index contributed by atoms with van der Waals surface area (Å²) in [6.07, 6.45) is 2.63. The summed E-state index contributed by atoms with van der Waals surface area (Å²) in [5, 5.41) is 22.6. The lowest BCUT2D eigenvalue weighted by atomic mass is 10.0. The van der Waals surface area contributed by atoms with Crippen LogP contribution in [0, 0.1) is 0 Å². The van der Waals surface area contributed by atoms with E-state index in [0.29, 0.717) is 12.8 Å². The molecule has 2 unspecified atom stereocenters. The fraction of sp³-hybridized carbons (Fsp3) is 0.455. The second kappa shape index (κ2) is 11.4. The normalized spacial score (nSPS) is 14.9.